The van der Waals surface area contributed by atoms with E-state index in [1.807, 2.05) is 36.6 Å². The van der Waals surface area contributed by atoms with Crippen molar-refractivity contribution in [3.8, 4) is 11.6 Å². The van der Waals surface area contributed by atoms with Crippen molar-refractivity contribution in [2.75, 3.05) is 16.8 Å². The largest absolute Gasteiger partial charge is 0.439 e. The monoisotopic (exact) mass is 394 g/mol. The molecule has 2 aromatic heterocycles. The molecule has 1 unspecified atom stereocenters. The van der Waals surface area contributed by atoms with Crippen LogP contribution in [0.1, 0.15) is 24.0 Å². The Bertz CT molecular complexity index is 957. The molecule has 0 radical (unpaired) electrons. The number of hydrogen-bond acceptors (Lipinski definition) is 6. The fourth-order valence-electron chi connectivity index (χ4n) is 3.26. The molecule has 7 heteroatoms. The minimum atomic E-state index is -0.197. The Kier molecular flexibility index (Phi) is 5.25. The molecule has 3 aromatic rings. The fraction of sp³-hybridized carbons (Fsp3) is 0.286. The quantitative estimate of drug-likeness (QED) is 0.687. The Labute approximate surface area is 168 Å². The van der Waals surface area contributed by atoms with Gasteiger partial charge < -0.3 is 15.0 Å². The van der Waals surface area contributed by atoms with Gasteiger partial charge >= 0.3 is 0 Å². The van der Waals surface area contributed by atoms with Gasteiger partial charge in [-0.2, -0.15) is 0 Å². The molecule has 0 saturated carbocycles. The summed E-state index contributed by atoms with van der Waals surface area (Å²) < 4.78 is 5.80. The highest BCUT2D eigenvalue weighted by atomic mass is 32.1. The van der Waals surface area contributed by atoms with E-state index in [9.17, 15) is 4.79 Å². The van der Waals surface area contributed by atoms with Gasteiger partial charge in [-0.15, -0.1) is 11.3 Å². The number of amides is 1. The van der Waals surface area contributed by atoms with E-state index in [0.29, 0.717) is 11.6 Å². The third-order valence-electron chi connectivity index (χ3n) is 4.93. The van der Waals surface area contributed by atoms with Crippen LogP contribution < -0.4 is 15.0 Å². The zero-order chi connectivity index (χ0) is 19.5. The van der Waals surface area contributed by atoms with Crippen LogP contribution in [0.3, 0.4) is 0 Å². The van der Waals surface area contributed by atoms with E-state index >= 15 is 0 Å². The highest BCUT2D eigenvalue weighted by molar-refractivity contribution is 7.13. The van der Waals surface area contributed by atoms with Gasteiger partial charge in [-0.1, -0.05) is 6.07 Å². The van der Waals surface area contributed by atoms with Gasteiger partial charge in [-0.25, -0.2) is 9.97 Å². The molecule has 1 aliphatic rings. The average molecular weight is 395 g/mol. The van der Waals surface area contributed by atoms with Crippen molar-refractivity contribution in [3.63, 3.8) is 0 Å². The number of anilines is 2. The molecule has 0 bridgehead atoms. The third kappa shape index (κ3) is 3.99. The number of carbonyl (C=O) groups excluding carboxylic acids is 1. The molecule has 6 nitrogen and oxygen atoms in total. The Hall–Kier alpha value is -2.93. The second-order valence-corrected chi connectivity index (χ2v) is 7.76. The van der Waals surface area contributed by atoms with Crippen LogP contribution in [0, 0.1) is 13.8 Å². The van der Waals surface area contributed by atoms with E-state index in [4.69, 9.17) is 4.74 Å². The number of thiazole rings is 1. The summed E-state index contributed by atoms with van der Waals surface area (Å²) in [7, 11) is 0. The fourth-order valence-corrected chi connectivity index (χ4v) is 3.98. The normalized spacial score (nSPS) is 16.2. The van der Waals surface area contributed by atoms with Gasteiger partial charge in [-0.05, 0) is 56.0 Å². The molecule has 1 saturated heterocycles. The van der Waals surface area contributed by atoms with Crippen molar-refractivity contribution in [1.82, 2.24) is 9.97 Å². The molecule has 1 aliphatic heterocycles. The number of nitrogens with zero attached hydrogens (tertiary/aromatic N) is 3. The number of nitrogens with one attached hydrogen (secondary N) is 1. The van der Waals surface area contributed by atoms with Crippen LogP contribution in [-0.4, -0.2) is 28.5 Å². The second kappa shape index (κ2) is 7.98. The van der Waals surface area contributed by atoms with E-state index < -0.39 is 0 Å². The number of benzene rings is 1. The van der Waals surface area contributed by atoms with Crippen LogP contribution in [0.2, 0.25) is 0 Å². The van der Waals surface area contributed by atoms with Gasteiger partial charge in [0.25, 0.3) is 0 Å². The van der Waals surface area contributed by atoms with Crippen molar-refractivity contribution < 1.29 is 9.53 Å². The molecule has 0 aliphatic carbocycles. The molecule has 1 atom stereocenters. The van der Waals surface area contributed by atoms with Crippen molar-refractivity contribution in [2.24, 2.45) is 0 Å². The molecule has 1 aromatic carbocycles. The lowest BCUT2D eigenvalue weighted by Gasteiger charge is -2.23. The molecule has 28 heavy (non-hydrogen) atoms. The summed E-state index contributed by atoms with van der Waals surface area (Å²) in [6.45, 7) is 4.97. The molecule has 1 amide bonds. The Morgan fingerprint density at radius 1 is 1.21 bits per heavy atom. The molecule has 3 heterocycles. The van der Waals surface area contributed by atoms with Crippen molar-refractivity contribution in [2.45, 2.75) is 32.7 Å². The minimum Gasteiger partial charge on any atom is -0.439 e. The molecule has 1 N–H and O–H groups in total. The van der Waals surface area contributed by atoms with Gasteiger partial charge in [0, 0.05) is 24.2 Å². The summed E-state index contributed by atoms with van der Waals surface area (Å²) in [5.41, 5.74) is 3.04. The maximum atomic E-state index is 12.7. The van der Waals surface area contributed by atoms with E-state index in [1.165, 1.54) is 11.1 Å². The van der Waals surface area contributed by atoms with Crippen molar-refractivity contribution in [1.29, 1.82) is 0 Å². The zero-order valence-electron chi connectivity index (χ0n) is 15.9. The van der Waals surface area contributed by atoms with Gasteiger partial charge in [0.1, 0.15) is 11.8 Å². The van der Waals surface area contributed by atoms with Crippen molar-refractivity contribution in [3.05, 3.63) is 59.2 Å². The predicted molar refractivity (Wildman–Crippen MR) is 111 cm³/mol. The Morgan fingerprint density at radius 3 is 2.82 bits per heavy atom. The zero-order valence-corrected chi connectivity index (χ0v) is 16.7. The maximum Gasteiger partial charge on any atom is 0.247 e. The summed E-state index contributed by atoms with van der Waals surface area (Å²) in [4.78, 5) is 23.5. The first kappa shape index (κ1) is 18.4. The number of aryl methyl sites for hydroxylation is 2. The lowest BCUT2D eigenvalue weighted by atomic mass is 10.1. The van der Waals surface area contributed by atoms with Gasteiger partial charge in [0.15, 0.2) is 5.13 Å². The summed E-state index contributed by atoms with van der Waals surface area (Å²) in [5.74, 6) is 1.21. The second-order valence-electron chi connectivity index (χ2n) is 6.89. The molecule has 0 spiro atoms. The van der Waals surface area contributed by atoms with Crippen molar-refractivity contribution >= 4 is 28.1 Å². The van der Waals surface area contributed by atoms with Crippen LogP contribution in [0.15, 0.2) is 48.1 Å². The number of ether oxygens (including phenoxy) is 1. The first-order chi connectivity index (χ1) is 13.6. The number of aromatic nitrogens is 2. The van der Waals surface area contributed by atoms with E-state index in [0.717, 1.165) is 30.3 Å². The van der Waals surface area contributed by atoms with Crippen LogP contribution in [0.25, 0.3) is 0 Å². The number of rotatable bonds is 5. The molecule has 144 valence electrons. The Balaban J connectivity index is 1.40. The minimum absolute atomic E-state index is 0.0303. The van der Waals surface area contributed by atoms with E-state index in [1.54, 1.807) is 29.8 Å². The first-order valence-corrected chi connectivity index (χ1v) is 10.2. The molecule has 1 fully saturated rings. The van der Waals surface area contributed by atoms with Gasteiger partial charge in [0.2, 0.25) is 11.8 Å². The number of hydrogen-bond donors (Lipinski definition) is 1. The standard InChI is InChI=1S/C21H22N4O2S/c1-14-5-7-17(12-15(14)2)27-19-8-6-16(13-23-19)24-20(26)18-4-3-10-25(18)21-22-9-11-28-21/h5-9,11-13,18H,3-4,10H2,1-2H3,(H,24,26). The summed E-state index contributed by atoms with van der Waals surface area (Å²) in [6, 6.07) is 9.31. The van der Waals surface area contributed by atoms with E-state index in [2.05, 4.69) is 27.1 Å². The lowest BCUT2D eigenvalue weighted by Crippen LogP contribution is -2.39. The maximum absolute atomic E-state index is 12.7. The predicted octanol–water partition coefficient (Wildman–Crippen LogP) is 4.55. The highest BCUT2D eigenvalue weighted by Crippen LogP contribution is 2.28. The molecular weight excluding hydrogens is 372 g/mol. The summed E-state index contributed by atoms with van der Waals surface area (Å²) >= 11 is 1.56. The van der Waals surface area contributed by atoms with Gasteiger partial charge in [-0.3, -0.25) is 4.79 Å². The molecular formula is C21H22N4O2S. The summed E-state index contributed by atoms with van der Waals surface area (Å²) in [5, 5.41) is 5.79. The van der Waals surface area contributed by atoms with Crippen LogP contribution in [0.4, 0.5) is 10.8 Å². The van der Waals surface area contributed by atoms with Crippen LogP contribution in [-0.2, 0) is 4.79 Å². The van der Waals surface area contributed by atoms with E-state index in [-0.39, 0.29) is 11.9 Å². The topological polar surface area (TPSA) is 67.3 Å². The van der Waals surface area contributed by atoms with Crippen LogP contribution >= 0.6 is 11.3 Å². The van der Waals surface area contributed by atoms with Gasteiger partial charge in [0.05, 0.1) is 11.9 Å². The number of carbonyl (C=O) groups is 1. The SMILES string of the molecule is Cc1ccc(Oc2ccc(NC(=O)C3CCCN3c3nccs3)cn2)cc1C. The Morgan fingerprint density at radius 2 is 2.11 bits per heavy atom. The lowest BCUT2D eigenvalue weighted by molar-refractivity contribution is -0.117. The van der Waals surface area contributed by atoms with Crippen LogP contribution in [0.5, 0.6) is 11.6 Å². The summed E-state index contributed by atoms with van der Waals surface area (Å²) in [6.07, 6.45) is 5.20. The average Bonchev–Trinajstić information content (AvgIpc) is 3.37. The molecule has 4 rings (SSSR count). The first-order valence-electron chi connectivity index (χ1n) is 9.28. The smallest absolute Gasteiger partial charge is 0.247 e. The number of pyridine rings is 1. The third-order valence-corrected chi connectivity index (χ3v) is 5.73. The highest BCUT2D eigenvalue weighted by Gasteiger charge is 2.32.